The second-order valence-electron chi connectivity index (χ2n) is 4.93. The van der Waals surface area contributed by atoms with Crippen LogP contribution in [0.2, 0.25) is 0 Å². The van der Waals surface area contributed by atoms with E-state index in [0.29, 0.717) is 23.7 Å². The van der Waals surface area contributed by atoms with Crippen LogP contribution in [0.3, 0.4) is 0 Å². The van der Waals surface area contributed by atoms with E-state index in [2.05, 4.69) is 18.6 Å². The first-order chi connectivity index (χ1) is 8.39. The number of sulfonamides is 1. The molecule has 1 rings (SSSR count). The fraction of sp³-hybridized carbons (Fsp3) is 0.538. The summed E-state index contributed by atoms with van der Waals surface area (Å²) in [6.07, 6.45) is 1.90. The molecule has 18 heavy (non-hydrogen) atoms. The van der Waals surface area contributed by atoms with Crippen molar-refractivity contribution in [1.82, 2.24) is 4.72 Å². The van der Waals surface area contributed by atoms with E-state index >= 15 is 0 Å². The average Bonchev–Trinajstić information content (AvgIpc) is 2.23. The summed E-state index contributed by atoms with van der Waals surface area (Å²) in [4.78, 5) is 0. The summed E-state index contributed by atoms with van der Waals surface area (Å²) in [5, 5.41) is 0. The fourth-order valence-corrected chi connectivity index (χ4v) is 2.87. The molecule has 0 saturated carbocycles. The zero-order valence-electron chi connectivity index (χ0n) is 11.0. The summed E-state index contributed by atoms with van der Waals surface area (Å²) in [7, 11) is -3.25. The number of nitrogens with one attached hydrogen (secondary N) is 1. The average molecular weight is 270 g/mol. The molecule has 0 atom stereocenters. The van der Waals surface area contributed by atoms with Crippen LogP contribution in [0.25, 0.3) is 0 Å². The third kappa shape index (κ3) is 6.02. The van der Waals surface area contributed by atoms with Crippen LogP contribution in [-0.4, -0.2) is 15.0 Å². The van der Waals surface area contributed by atoms with E-state index in [1.54, 1.807) is 24.3 Å². The Hall–Kier alpha value is -1.07. The van der Waals surface area contributed by atoms with Gasteiger partial charge in [0.25, 0.3) is 0 Å². The molecular formula is C13H22N2O2S. The lowest BCUT2D eigenvalue weighted by Crippen LogP contribution is -2.26. The van der Waals surface area contributed by atoms with E-state index in [1.807, 2.05) is 0 Å². The maximum Gasteiger partial charge on any atom is 0.215 e. The van der Waals surface area contributed by atoms with E-state index in [-0.39, 0.29) is 5.75 Å². The van der Waals surface area contributed by atoms with Crippen LogP contribution in [0, 0.1) is 5.92 Å². The van der Waals surface area contributed by atoms with Crippen LogP contribution in [0.1, 0.15) is 32.3 Å². The van der Waals surface area contributed by atoms with Crippen LogP contribution < -0.4 is 10.5 Å². The van der Waals surface area contributed by atoms with Crippen LogP contribution in [-0.2, 0) is 15.8 Å². The normalized spacial score (nSPS) is 11.9. The molecule has 1 aromatic rings. The summed E-state index contributed by atoms with van der Waals surface area (Å²) in [6.45, 7) is 4.76. The van der Waals surface area contributed by atoms with E-state index in [9.17, 15) is 8.42 Å². The largest absolute Gasteiger partial charge is 0.399 e. The number of hydrogen-bond acceptors (Lipinski definition) is 3. The summed E-state index contributed by atoms with van der Waals surface area (Å²) in [5.41, 5.74) is 6.92. The second-order valence-corrected chi connectivity index (χ2v) is 6.74. The van der Waals surface area contributed by atoms with Crippen LogP contribution in [0.5, 0.6) is 0 Å². The van der Waals surface area contributed by atoms with Gasteiger partial charge in [0.05, 0.1) is 5.75 Å². The molecule has 0 heterocycles. The zero-order valence-corrected chi connectivity index (χ0v) is 11.8. The summed E-state index contributed by atoms with van der Waals surface area (Å²) in [5.74, 6) is 0.586. The Morgan fingerprint density at radius 2 is 2.06 bits per heavy atom. The van der Waals surface area contributed by atoms with Gasteiger partial charge in [-0.3, -0.25) is 0 Å². The molecule has 0 radical (unpaired) electrons. The second kappa shape index (κ2) is 6.75. The van der Waals surface area contributed by atoms with Gasteiger partial charge in [0, 0.05) is 12.2 Å². The smallest absolute Gasteiger partial charge is 0.215 e. The van der Waals surface area contributed by atoms with Crippen molar-refractivity contribution in [1.29, 1.82) is 0 Å². The quantitative estimate of drug-likeness (QED) is 0.589. The summed E-state index contributed by atoms with van der Waals surface area (Å²) in [6, 6.07) is 6.96. The molecule has 4 nitrogen and oxygen atoms in total. The number of nitrogen functional groups attached to an aromatic ring is 1. The van der Waals surface area contributed by atoms with E-state index in [0.717, 1.165) is 12.8 Å². The maximum absolute atomic E-state index is 11.8. The highest BCUT2D eigenvalue weighted by molar-refractivity contribution is 7.88. The Morgan fingerprint density at radius 1 is 1.33 bits per heavy atom. The Kier molecular flexibility index (Phi) is 5.62. The molecule has 3 N–H and O–H groups in total. The minimum absolute atomic E-state index is 0.0142. The lowest BCUT2D eigenvalue weighted by Gasteiger charge is -2.08. The molecule has 0 bridgehead atoms. The molecule has 0 aromatic heterocycles. The molecule has 0 spiro atoms. The van der Waals surface area contributed by atoms with Gasteiger partial charge in [-0.15, -0.1) is 0 Å². The fourth-order valence-electron chi connectivity index (χ4n) is 1.69. The number of anilines is 1. The standard InChI is InChI=1S/C13H22N2O2S/c1-11(2)5-4-8-15-18(16,17)10-12-6-3-7-13(14)9-12/h3,6-7,9,11,15H,4-5,8,10,14H2,1-2H3. The first-order valence-corrected chi connectivity index (χ1v) is 7.86. The van der Waals surface area contributed by atoms with Gasteiger partial charge in [-0.25, -0.2) is 13.1 Å². The lowest BCUT2D eigenvalue weighted by atomic mass is 10.1. The molecule has 0 unspecified atom stereocenters. The van der Waals surface area contributed by atoms with Crippen molar-refractivity contribution in [3.8, 4) is 0 Å². The summed E-state index contributed by atoms with van der Waals surface area (Å²) >= 11 is 0. The first-order valence-electron chi connectivity index (χ1n) is 6.21. The third-order valence-electron chi connectivity index (χ3n) is 2.59. The highest BCUT2D eigenvalue weighted by Crippen LogP contribution is 2.10. The predicted molar refractivity (Wildman–Crippen MR) is 75.6 cm³/mol. The van der Waals surface area contributed by atoms with Gasteiger partial charge < -0.3 is 5.73 Å². The first kappa shape index (κ1) is 15.0. The van der Waals surface area contributed by atoms with Crippen LogP contribution >= 0.6 is 0 Å². The van der Waals surface area contributed by atoms with Gasteiger partial charge in [0.2, 0.25) is 10.0 Å². The molecule has 0 aliphatic carbocycles. The topological polar surface area (TPSA) is 72.2 Å². The lowest BCUT2D eigenvalue weighted by molar-refractivity contribution is 0.539. The van der Waals surface area contributed by atoms with Gasteiger partial charge in [-0.1, -0.05) is 26.0 Å². The van der Waals surface area contributed by atoms with Crippen molar-refractivity contribution in [3.63, 3.8) is 0 Å². The molecule has 0 fully saturated rings. The van der Waals surface area contributed by atoms with Crippen LogP contribution in [0.15, 0.2) is 24.3 Å². The highest BCUT2D eigenvalue weighted by Gasteiger charge is 2.10. The van der Waals surface area contributed by atoms with Gasteiger partial charge in [-0.05, 0) is 36.5 Å². The van der Waals surface area contributed by atoms with Crippen molar-refractivity contribution >= 4 is 15.7 Å². The van der Waals surface area contributed by atoms with Crippen molar-refractivity contribution in [2.45, 2.75) is 32.4 Å². The number of nitrogens with two attached hydrogens (primary N) is 1. The Balaban J connectivity index is 2.45. The molecule has 0 saturated heterocycles. The van der Waals surface area contributed by atoms with Gasteiger partial charge in [0.15, 0.2) is 0 Å². The molecule has 0 amide bonds. The molecule has 1 aromatic carbocycles. The monoisotopic (exact) mass is 270 g/mol. The van der Waals surface area contributed by atoms with Crippen molar-refractivity contribution in [3.05, 3.63) is 29.8 Å². The van der Waals surface area contributed by atoms with Crippen molar-refractivity contribution < 1.29 is 8.42 Å². The molecule has 0 aliphatic rings. The summed E-state index contributed by atoms with van der Waals surface area (Å²) < 4.78 is 26.2. The Morgan fingerprint density at radius 3 is 2.67 bits per heavy atom. The molecular weight excluding hydrogens is 248 g/mol. The molecule has 0 aliphatic heterocycles. The van der Waals surface area contributed by atoms with Crippen LogP contribution in [0.4, 0.5) is 5.69 Å². The zero-order chi connectivity index (χ0) is 13.6. The van der Waals surface area contributed by atoms with E-state index < -0.39 is 10.0 Å². The predicted octanol–water partition coefficient (Wildman–Crippen LogP) is 2.12. The van der Waals surface area contributed by atoms with Gasteiger partial charge >= 0.3 is 0 Å². The highest BCUT2D eigenvalue weighted by atomic mass is 32.2. The third-order valence-corrected chi connectivity index (χ3v) is 3.95. The minimum atomic E-state index is -3.25. The number of rotatable bonds is 7. The Bertz CT molecular complexity index is 470. The SMILES string of the molecule is CC(C)CCCNS(=O)(=O)Cc1cccc(N)c1. The Labute approximate surface area is 110 Å². The van der Waals surface area contributed by atoms with Crippen molar-refractivity contribution in [2.24, 2.45) is 5.92 Å². The van der Waals surface area contributed by atoms with Crippen molar-refractivity contribution in [2.75, 3.05) is 12.3 Å². The minimum Gasteiger partial charge on any atom is -0.399 e. The van der Waals surface area contributed by atoms with E-state index in [1.165, 1.54) is 0 Å². The number of benzene rings is 1. The molecule has 5 heteroatoms. The van der Waals surface area contributed by atoms with Gasteiger partial charge in [-0.2, -0.15) is 0 Å². The molecule has 102 valence electrons. The number of hydrogen-bond donors (Lipinski definition) is 2. The van der Waals surface area contributed by atoms with Gasteiger partial charge in [0.1, 0.15) is 0 Å². The maximum atomic E-state index is 11.8. The van der Waals surface area contributed by atoms with E-state index in [4.69, 9.17) is 5.73 Å².